The third-order valence-corrected chi connectivity index (χ3v) is 5.90. The molecule has 2 aromatic rings. The second-order valence-corrected chi connectivity index (χ2v) is 9.20. The lowest BCUT2D eigenvalue weighted by molar-refractivity contribution is 0.249. The lowest BCUT2D eigenvalue weighted by Crippen LogP contribution is -2.42. The Morgan fingerprint density at radius 1 is 1.32 bits per heavy atom. The zero-order valence-corrected chi connectivity index (χ0v) is 18.3. The van der Waals surface area contributed by atoms with Gasteiger partial charge in [0.2, 0.25) is 5.89 Å². The van der Waals surface area contributed by atoms with Crippen molar-refractivity contribution in [1.82, 2.24) is 20.5 Å². The van der Waals surface area contributed by atoms with E-state index in [1.165, 1.54) is 30.8 Å². The average molecular weight is 404 g/mol. The zero-order valence-electron chi connectivity index (χ0n) is 17.5. The van der Waals surface area contributed by atoms with Crippen molar-refractivity contribution in [3.63, 3.8) is 0 Å². The van der Waals surface area contributed by atoms with Crippen molar-refractivity contribution in [2.45, 2.75) is 58.5 Å². The molecule has 0 spiro atoms. The van der Waals surface area contributed by atoms with E-state index < -0.39 is 0 Å². The van der Waals surface area contributed by atoms with Crippen LogP contribution in [0.15, 0.2) is 33.1 Å². The van der Waals surface area contributed by atoms with Gasteiger partial charge >= 0.3 is 0 Å². The van der Waals surface area contributed by atoms with E-state index in [2.05, 4.69) is 70.7 Å². The van der Waals surface area contributed by atoms with Gasteiger partial charge in [-0.1, -0.05) is 26.8 Å². The zero-order chi connectivity index (χ0) is 20.0. The van der Waals surface area contributed by atoms with Crippen LogP contribution in [-0.4, -0.2) is 42.0 Å². The topological polar surface area (TPSA) is 65.7 Å². The van der Waals surface area contributed by atoms with Crippen LogP contribution in [0.4, 0.5) is 0 Å². The first-order chi connectivity index (χ1) is 13.5. The van der Waals surface area contributed by atoms with Crippen molar-refractivity contribution in [3.8, 4) is 0 Å². The Kier molecular flexibility index (Phi) is 7.13. The third-order valence-electron chi connectivity index (χ3n) is 4.93. The fourth-order valence-corrected chi connectivity index (χ4v) is 4.22. The Bertz CT molecular complexity index is 741. The molecule has 1 aliphatic heterocycles. The van der Waals surface area contributed by atoms with Crippen LogP contribution in [0.25, 0.3) is 0 Å². The summed E-state index contributed by atoms with van der Waals surface area (Å²) in [4.78, 5) is 13.0. The first-order valence-electron chi connectivity index (χ1n) is 10.2. The summed E-state index contributed by atoms with van der Waals surface area (Å²) in [6, 6.07) is 4.76. The number of hydrogen-bond donors (Lipinski definition) is 2. The summed E-state index contributed by atoms with van der Waals surface area (Å²) in [6.07, 6.45) is 4.39. The molecule has 3 heterocycles. The first-order valence-corrected chi connectivity index (χ1v) is 11.1. The molecule has 0 saturated carbocycles. The molecule has 2 N–H and O–H groups in total. The van der Waals surface area contributed by atoms with Crippen molar-refractivity contribution in [2.75, 3.05) is 26.2 Å². The van der Waals surface area contributed by atoms with Crippen molar-refractivity contribution in [3.05, 3.63) is 40.2 Å². The normalized spacial score (nSPS) is 17.1. The van der Waals surface area contributed by atoms with Gasteiger partial charge in [-0.3, -0.25) is 4.90 Å². The van der Waals surface area contributed by atoms with Gasteiger partial charge in [0.05, 0.1) is 12.2 Å². The van der Waals surface area contributed by atoms with Crippen LogP contribution < -0.4 is 10.6 Å². The highest BCUT2D eigenvalue weighted by molar-refractivity contribution is 7.10. The maximum Gasteiger partial charge on any atom is 0.216 e. The maximum absolute atomic E-state index is 5.86. The number of aromatic nitrogens is 1. The quantitative estimate of drug-likeness (QED) is 0.542. The van der Waals surface area contributed by atoms with Crippen molar-refractivity contribution in [2.24, 2.45) is 4.99 Å². The molecular weight excluding hydrogens is 370 g/mol. The van der Waals surface area contributed by atoms with Gasteiger partial charge < -0.3 is 15.1 Å². The minimum absolute atomic E-state index is 0.0403. The Hall–Kier alpha value is -1.86. The highest BCUT2D eigenvalue weighted by Gasteiger charge is 2.24. The number of thiophene rings is 1. The van der Waals surface area contributed by atoms with Gasteiger partial charge in [-0.2, -0.15) is 0 Å². The van der Waals surface area contributed by atoms with Crippen LogP contribution in [0.3, 0.4) is 0 Å². The molecule has 2 aromatic heterocycles. The molecule has 0 radical (unpaired) electrons. The van der Waals surface area contributed by atoms with Crippen LogP contribution in [0.1, 0.15) is 63.1 Å². The summed E-state index contributed by atoms with van der Waals surface area (Å²) in [5.74, 6) is 2.35. The number of nitrogens with one attached hydrogen (secondary N) is 2. The van der Waals surface area contributed by atoms with E-state index in [0.717, 1.165) is 24.8 Å². The summed E-state index contributed by atoms with van der Waals surface area (Å²) in [5.41, 5.74) is -0.0403. The van der Waals surface area contributed by atoms with E-state index in [9.17, 15) is 0 Å². The monoisotopic (exact) mass is 403 g/mol. The van der Waals surface area contributed by atoms with Gasteiger partial charge in [-0.05, 0) is 44.3 Å². The smallest absolute Gasteiger partial charge is 0.216 e. The third kappa shape index (κ3) is 5.58. The molecule has 0 aromatic carbocycles. The maximum atomic E-state index is 5.86. The Balaban J connectivity index is 1.64. The molecular formula is C21H33N5OS. The lowest BCUT2D eigenvalue weighted by Gasteiger charge is -2.27. The molecule has 6 nitrogen and oxygen atoms in total. The van der Waals surface area contributed by atoms with E-state index in [4.69, 9.17) is 4.42 Å². The summed E-state index contributed by atoms with van der Waals surface area (Å²) < 4.78 is 5.86. The van der Waals surface area contributed by atoms with Crippen LogP contribution >= 0.6 is 11.3 Å². The van der Waals surface area contributed by atoms with Gasteiger partial charge in [0, 0.05) is 23.4 Å². The van der Waals surface area contributed by atoms with Crippen molar-refractivity contribution in [1.29, 1.82) is 0 Å². The lowest BCUT2D eigenvalue weighted by atomic mass is 9.94. The van der Waals surface area contributed by atoms with Crippen molar-refractivity contribution < 1.29 is 4.42 Å². The van der Waals surface area contributed by atoms with Gasteiger partial charge in [-0.15, -0.1) is 11.3 Å². The highest BCUT2D eigenvalue weighted by atomic mass is 32.1. The van der Waals surface area contributed by atoms with E-state index in [1.54, 1.807) is 0 Å². The number of aliphatic imine (C=N–C) groups is 1. The minimum atomic E-state index is -0.0403. The Labute approximate surface area is 172 Å². The molecule has 1 unspecified atom stereocenters. The van der Waals surface area contributed by atoms with Crippen LogP contribution in [0.2, 0.25) is 0 Å². The van der Waals surface area contributed by atoms with Gasteiger partial charge in [0.1, 0.15) is 12.3 Å². The first kappa shape index (κ1) is 20.9. The second kappa shape index (κ2) is 9.56. The molecule has 7 heteroatoms. The molecule has 3 rings (SSSR count). The number of likely N-dealkylation sites (tertiary alicyclic amines) is 1. The molecule has 28 heavy (non-hydrogen) atoms. The fourth-order valence-electron chi connectivity index (χ4n) is 3.36. The SMILES string of the molecule is CCNC(=NCc1ncc(C(C)(C)C)o1)NCC(c1cccs1)N1CCCC1. The molecule has 1 saturated heterocycles. The summed E-state index contributed by atoms with van der Waals surface area (Å²) >= 11 is 1.83. The Morgan fingerprint density at radius 3 is 2.71 bits per heavy atom. The molecule has 0 amide bonds. The molecule has 1 fully saturated rings. The van der Waals surface area contributed by atoms with Gasteiger partial charge in [-0.25, -0.2) is 9.98 Å². The minimum Gasteiger partial charge on any atom is -0.443 e. The largest absolute Gasteiger partial charge is 0.443 e. The number of oxazole rings is 1. The van der Waals surface area contributed by atoms with Crippen LogP contribution in [0, 0.1) is 0 Å². The van der Waals surface area contributed by atoms with Crippen LogP contribution in [-0.2, 0) is 12.0 Å². The Morgan fingerprint density at radius 2 is 2.11 bits per heavy atom. The number of hydrogen-bond acceptors (Lipinski definition) is 5. The summed E-state index contributed by atoms with van der Waals surface area (Å²) in [6.45, 7) is 12.9. The van der Waals surface area contributed by atoms with Gasteiger partial charge in [0.25, 0.3) is 0 Å². The molecule has 154 valence electrons. The fraction of sp³-hybridized carbons (Fsp3) is 0.619. The van der Waals surface area contributed by atoms with E-state index >= 15 is 0 Å². The molecule has 0 aliphatic carbocycles. The van der Waals surface area contributed by atoms with E-state index in [-0.39, 0.29) is 5.41 Å². The average Bonchev–Trinajstić information content (AvgIpc) is 3.41. The predicted molar refractivity (Wildman–Crippen MR) is 116 cm³/mol. The molecule has 1 atom stereocenters. The van der Waals surface area contributed by atoms with Gasteiger partial charge in [0.15, 0.2) is 5.96 Å². The number of nitrogens with zero attached hydrogens (tertiary/aromatic N) is 3. The molecule has 1 aliphatic rings. The van der Waals surface area contributed by atoms with E-state index in [1.807, 2.05) is 17.5 Å². The summed E-state index contributed by atoms with van der Waals surface area (Å²) in [7, 11) is 0. The molecule has 0 bridgehead atoms. The number of rotatable bonds is 7. The second-order valence-electron chi connectivity index (χ2n) is 8.22. The highest BCUT2D eigenvalue weighted by Crippen LogP contribution is 2.28. The van der Waals surface area contributed by atoms with Crippen molar-refractivity contribution >= 4 is 17.3 Å². The summed E-state index contributed by atoms with van der Waals surface area (Å²) in [5, 5.41) is 9.02. The van der Waals surface area contributed by atoms with E-state index in [0.29, 0.717) is 18.5 Å². The number of guanidine groups is 1. The van der Waals surface area contributed by atoms with Crippen LogP contribution in [0.5, 0.6) is 0 Å². The predicted octanol–water partition coefficient (Wildman–Crippen LogP) is 3.93. The standard InChI is InChI=1S/C21H33N5OS/c1-5-22-20(25-15-19-23-14-18(27-19)21(2,3)4)24-13-16(17-9-8-12-28-17)26-10-6-7-11-26/h8-9,12,14,16H,5-7,10-11,13,15H2,1-4H3,(H2,22,24,25).